The maximum Gasteiger partial charge on any atom is 0.330 e. The van der Waals surface area contributed by atoms with Crippen LogP contribution in [0.3, 0.4) is 0 Å². The van der Waals surface area contributed by atoms with E-state index in [4.69, 9.17) is 9.47 Å². The largest absolute Gasteiger partial charge is 0.463 e. The molecule has 3 heteroatoms. The molecule has 0 aliphatic heterocycles. The Kier molecular flexibility index (Phi) is 6.04. The molecule has 0 aliphatic carbocycles. The summed E-state index contributed by atoms with van der Waals surface area (Å²) in [6.45, 7) is 4.59. The van der Waals surface area contributed by atoms with Gasteiger partial charge in [0.25, 0.3) is 0 Å². The summed E-state index contributed by atoms with van der Waals surface area (Å²) >= 11 is 0. The zero-order valence-electron chi connectivity index (χ0n) is 10.3. The second-order valence-electron chi connectivity index (χ2n) is 3.61. The highest BCUT2D eigenvalue weighted by Gasteiger charge is 2.00. The maximum absolute atomic E-state index is 11.1. The molecule has 0 N–H and O–H groups in total. The van der Waals surface area contributed by atoms with Crippen LogP contribution in [0.1, 0.15) is 19.4 Å². The lowest BCUT2D eigenvalue weighted by Crippen LogP contribution is -2.06. The molecule has 0 radical (unpaired) electrons. The standard InChI is InChI=1S/C14H18O3/c1-3-16-14(15)10-9-12(2)17-11-13-7-5-4-6-8-13/h4-10,12H,3,11H2,1-2H3/t12-/m0/s1. The number of ether oxygens (including phenoxy) is 2. The van der Waals surface area contributed by atoms with E-state index in [1.165, 1.54) is 6.08 Å². The van der Waals surface area contributed by atoms with Crippen molar-refractivity contribution in [2.24, 2.45) is 0 Å². The van der Waals surface area contributed by atoms with Gasteiger partial charge < -0.3 is 9.47 Å². The van der Waals surface area contributed by atoms with Gasteiger partial charge >= 0.3 is 5.97 Å². The lowest BCUT2D eigenvalue weighted by molar-refractivity contribution is -0.137. The van der Waals surface area contributed by atoms with Crippen LogP contribution in [0.15, 0.2) is 42.5 Å². The van der Waals surface area contributed by atoms with E-state index in [-0.39, 0.29) is 12.1 Å². The molecule has 3 nitrogen and oxygen atoms in total. The van der Waals surface area contributed by atoms with Gasteiger partial charge in [0.05, 0.1) is 19.3 Å². The third-order valence-electron chi connectivity index (χ3n) is 2.15. The molecule has 1 rings (SSSR count). The summed E-state index contributed by atoms with van der Waals surface area (Å²) in [5.74, 6) is -0.331. The van der Waals surface area contributed by atoms with Crippen LogP contribution >= 0.6 is 0 Å². The third-order valence-corrected chi connectivity index (χ3v) is 2.15. The Balaban J connectivity index is 2.30. The van der Waals surface area contributed by atoms with Crippen LogP contribution in [-0.4, -0.2) is 18.7 Å². The fourth-order valence-corrected chi connectivity index (χ4v) is 1.26. The van der Waals surface area contributed by atoms with Gasteiger partial charge in [-0.2, -0.15) is 0 Å². The van der Waals surface area contributed by atoms with Crippen molar-refractivity contribution >= 4 is 5.97 Å². The van der Waals surface area contributed by atoms with Gasteiger partial charge in [-0.05, 0) is 25.5 Å². The molecule has 0 aromatic heterocycles. The van der Waals surface area contributed by atoms with E-state index in [0.717, 1.165) is 5.56 Å². The summed E-state index contributed by atoms with van der Waals surface area (Å²) in [6, 6.07) is 9.91. The van der Waals surface area contributed by atoms with E-state index in [0.29, 0.717) is 13.2 Å². The summed E-state index contributed by atoms with van der Waals surface area (Å²) < 4.78 is 10.3. The first-order chi connectivity index (χ1) is 8.22. The SMILES string of the molecule is CCOC(=O)C=C[C@H](C)OCc1ccccc1. The predicted octanol–water partition coefficient (Wildman–Crippen LogP) is 2.71. The van der Waals surface area contributed by atoms with E-state index in [1.54, 1.807) is 13.0 Å². The Labute approximate surface area is 102 Å². The van der Waals surface area contributed by atoms with E-state index in [1.807, 2.05) is 37.3 Å². The first-order valence-electron chi connectivity index (χ1n) is 5.73. The molecular formula is C14H18O3. The topological polar surface area (TPSA) is 35.5 Å². The van der Waals surface area contributed by atoms with Crippen LogP contribution in [0.2, 0.25) is 0 Å². The predicted molar refractivity (Wildman–Crippen MR) is 66.5 cm³/mol. The normalized spacial score (nSPS) is 12.6. The summed E-state index contributed by atoms with van der Waals surface area (Å²) in [7, 11) is 0. The van der Waals surface area contributed by atoms with E-state index < -0.39 is 0 Å². The van der Waals surface area contributed by atoms with Crippen molar-refractivity contribution in [3.05, 3.63) is 48.0 Å². The Morgan fingerprint density at radius 3 is 2.71 bits per heavy atom. The molecule has 0 heterocycles. The van der Waals surface area contributed by atoms with Crippen LogP contribution in [0.4, 0.5) is 0 Å². The lowest BCUT2D eigenvalue weighted by atomic mass is 10.2. The minimum absolute atomic E-state index is 0.111. The van der Waals surface area contributed by atoms with Crippen LogP contribution in [0.5, 0.6) is 0 Å². The molecule has 0 fully saturated rings. The Hall–Kier alpha value is -1.61. The first kappa shape index (κ1) is 13.5. The first-order valence-corrected chi connectivity index (χ1v) is 5.73. The molecule has 0 unspecified atom stereocenters. The van der Waals surface area contributed by atoms with Crippen molar-refractivity contribution < 1.29 is 14.3 Å². The monoisotopic (exact) mass is 234 g/mol. The van der Waals surface area contributed by atoms with Crippen LogP contribution in [-0.2, 0) is 20.9 Å². The van der Waals surface area contributed by atoms with Gasteiger partial charge in [0.2, 0.25) is 0 Å². The van der Waals surface area contributed by atoms with Gasteiger partial charge in [0.1, 0.15) is 0 Å². The second-order valence-corrected chi connectivity index (χ2v) is 3.61. The number of rotatable bonds is 6. The van der Waals surface area contributed by atoms with Gasteiger partial charge in [-0.3, -0.25) is 0 Å². The number of hydrogen-bond acceptors (Lipinski definition) is 3. The average Bonchev–Trinajstić information content (AvgIpc) is 2.35. The zero-order chi connectivity index (χ0) is 12.5. The van der Waals surface area contributed by atoms with Gasteiger partial charge in [0.15, 0.2) is 0 Å². The van der Waals surface area contributed by atoms with Crippen molar-refractivity contribution in [1.29, 1.82) is 0 Å². The fraction of sp³-hybridized carbons (Fsp3) is 0.357. The highest BCUT2D eigenvalue weighted by molar-refractivity contribution is 5.81. The van der Waals surface area contributed by atoms with Gasteiger partial charge in [0, 0.05) is 6.08 Å². The minimum Gasteiger partial charge on any atom is -0.463 e. The second kappa shape index (κ2) is 7.63. The Morgan fingerprint density at radius 2 is 2.06 bits per heavy atom. The number of hydrogen-bond donors (Lipinski definition) is 0. The lowest BCUT2D eigenvalue weighted by Gasteiger charge is -2.08. The molecule has 1 atom stereocenters. The van der Waals surface area contributed by atoms with Gasteiger partial charge in [-0.1, -0.05) is 30.3 Å². The zero-order valence-corrected chi connectivity index (χ0v) is 10.3. The van der Waals surface area contributed by atoms with Crippen molar-refractivity contribution in [3.8, 4) is 0 Å². The summed E-state index contributed by atoms with van der Waals surface area (Å²) in [4.78, 5) is 11.1. The molecule has 0 saturated carbocycles. The quantitative estimate of drug-likeness (QED) is 0.561. The molecule has 0 bridgehead atoms. The molecule has 92 valence electrons. The minimum atomic E-state index is -0.331. The third kappa shape index (κ3) is 5.88. The molecule has 17 heavy (non-hydrogen) atoms. The van der Waals surface area contributed by atoms with E-state index >= 15 is 0 Å². The Morgan fingerprint density at radius 1 is 1.35 bits per heavy atom. The van der Waals surface area contributed by atoms with Crippen molar-refractivity contribution in [2.75, 3.05) is 6.61 Å². The van der Waals surface area contributed by atoms with Gasteiger partial charge in [-0.15, -0.1) is 0 Å². The number of benzene rings is 1. The fourth-order valence-electron chi connectivity index (χ4n) is 1.26. The number of carbonyl (C=O) groups excluding carboxylic acids is 1. The Bertz CT molecular complexity index is 357. The van der Waals surface area contributed by atoms with Crippen molar-refractivity contribution in [2.45, 2.75) is 26.6 Å². The molecule has 0 spiro atoms. The highest BCUT2D eigenvalue weighted by atomic mass is 16.5. The molecule has 0 amide bonds. The van der Waals surface area contributed by atoms with Crippen LogP contribution < -0.4 is 0 Å². The molecule has 0 aliphatic rings. The van der Waals surface area contributed by atoms with E-state index in [2.05, 4.69) is 0 Å². The molecule has 0 saturated heterocycles. The van der Waals surface area contributed by atoms with E-state index in [9.17, 15) is 4.79 Å². The maximum atomic E-state index is 11.1. The molecule has 1 aromatic rings. The summed E-state index contributed by atoms with van der Waals surface area (Å²) in [5.41, 5.74) is 1.11. The van der Waals surface area contributed by atoms with Crippen molar-refractivity contribution in [3.63, 3.8) is 0 Å². The van der Waals surface area contributed by atoms with Crippen LogP contribution in [0.25, 0.3) is 0 Å². The summed E-state index contributed by atoms with van der Waals surface area (Å²) in [6.07, 6.45) is 2.99. The van der Waals surface area contributed by atoms with Crippen LogP contribution in [0, 0.1) is 0 Å². The highest BCUT2D eigenvalue weighted by Crippen LogP contribution is 2.04. The smallest absolute Gasteiger partial charge is 0.330 e. The number of esters is 1. The molecular weight excluding hydrogens is 216 g/mol. The average molecular weight is 234 g/mol. The van der Waals surface area contributed by atoms with Crippen molar-refractivity contribution in [1.82, 2.24) is 0 Å². The van der Waals surface area contributed by atoms with Gasteiger partial charge in [-0.25, -0.2) is 4.79 Å². The summed E-state index contributed by atoms with van der Waals surface area (Å²) in [5, 5.41) is 0. The molecule has 1 aromatic carbocycles. The number of carbonyl (C=O) groups is 1.